The molecular formula is C25H28N2O3. The molecule has 5 nitrogen and oxygen atoms in total. The molecule has 1 N–H and O–H groups in total. The first-order chi connectivity index (χ1) is 14.8. The Kier molecular flexibility index (Phi) is 6.85. The zero-order chi connectivity index (χ0) is 20.6. The van der Waals surface area contributed by atoms with Crippen molar-refractivity contribution in [2.75, 3.05) is 44.2 Å². The predicted molar refractivity (Wildman–Crippen MR) is 120 cm³/mol. The van der Waals surface area contributed by atoms with Gasteiger partial charge in [-0.15, -0.1) is 0 Å². The molecule has 30 heavy (non-hydrogen) atoms. The summed E-state index contributed by atoms with van der Waals surface area (Å²) in [6, 6.07) is 27.6. The number of aliphatic hydroxyl groups is 1. The van der Waals surface area contributed by atoms with Crippen molar-refractivity contribution in [3.63, 3.8) is 0 Å². The Balaban J connectivity index is 1.22. The molecule has 0 radical (unpaired) electrons. The number of ether oxygens (including phenoxy) is 2. The number of anilines is 1. The number of aliphatic hydroxyl groups excluding tert-OH is 1. The highest BCUT2D eigenvalue weighted by molar-refractivity contribution is 5.46. The van der Waals surface area contributed by atoms with Gasteiger partial charge in [0.05, 0.1) is 0 Å². The zero-order valence-corrected chi connectivity index (χ0v) is 17.1. The van der Waals surface area contributed by atoms with Gasteiger partial charge in [0.1, 0.15) is 30.0 Å². The van der Waals surface area contributed by atoms with E-state index in [1.165, 1.54) is 5.69 Å². The van der Waals surface area contributed by atoms with Crippen LogP contribution in [0.25, 0.3) is 0 Å². The summed E-state index contributed by atoms with van der Waals surface area (Å²) in [6.45, 7) is 4.68. The highest BCUT2D eigenvalue weighted by atomic mass is 16.5. The molecular weight excluding hydrogens is 376 g/mol. The lowest BCUT2D eigenvalue weighted by molar-refractivity contribution is 0.0662. The van der Waals surface area contributed by atoms with Gasteiger partial charge in [-0.3, -0.25) is 4.90 Å². The number of hydrogen-bond acceptors (Lipinski definition) is 5. The minimum Gasteiger partial charge on any atom is -0.491 e. The Bertz CT molecular complexity index is 897. The van der Waals surface area contributed by atoms with Gasteiger partial charge in [-0.05, 0) is 36.4 Å². The van der Waals surface area contributed by atoms with Gasteiger partial charge >= 0.3 is 0 Å². The van der Waals surface area contributed by atoms with E-state index in [4.69, 9.17) is 9.47 Å². The smallest absolute Gasteiger partial charge is 0.131 e. The minimum atomic E-state index is -0.535. The highest BCUT2D eigenvalue weighted by Gasteiger charge is 2.19. The molecule has 1 aliphatic rings. The number of para-hydroxylation sites is 2. The van der Waals surface area contributed by atoms with E-state index in [1.807, 2.05) is 60.7 Å². The summed E-state index contributed by atoms with van der Waals surface area (Å²) in [5, 5.41) is 10.4. The van der Waals surface area contributed by atoms with Crippen LogP contribution in [0.5, 0.6) is 17.2 Å². The number of piperazine rings is 1. The Morgan fingerprint density at radius 2 is 1.37 bits per heavy atom. The minimum absolute atomic E-state index is 0.258. The number of nitrogens with zero attached hydrogens (tertiary/aromatic N) is 2. The second-order valence-corrected chi connectivity index (χ2v) is 7.48. The molecule has 0 unspecified atom stereocenters. The van der Waals surface area contributed by atoms with E-state index in [2.05, 4.69) is 34.1 Å². The quantitative estimate of drug-likeness (QED) is 0.614. The fourth-order valence-electron chi connectivity index (χ4n) is 3.62. The molecule has 5 heteroatoms. The summed E-state index contributed by atoms with van der Waals surface area (Å²) in [4.78, 5) is 4.68. The van der Waals surface area contributed by atoms with Crippen molar-refractivity contribution in [2.24, 2.45) is 0 Å². The van der Waals surface area contributed by atoms with Crippen molar-refractivity contribution < 1.29 is 14.6 Å². The molecule has 0 aromatic heterocycles. The first kappa shape index (κ1) is 20.3. The predicted octanol–water partition coefficient (Wildman–Crippen LogP) is 4.04. The molecule has 3 aromatic carbocycles. The van der Waals surface area contributed by atoms with E-state index in [0.717, 1.165) is 31.9 Å². The van der Waals surface area contributed by atoms with Crippen molar-refractivity contribution in [2.45, 2.75) is 6.10 Å². The van der Waals surface area contributed by atoms with E-state index in [0.29, 0.717) is 18.0 Å². The van der Waals surface area contributed by atoms with Gasteiger partial charge in [0.25, 0.3) is 0 Å². The lowest BCUT2D eigenvalue weighted by Crippen LogP contribution is -2.49. The van der Waals surface area contributed by atoms with Crippen molar-refractivity contribution in [1.82, 2.24) is 4.90 Å². The normalized spacial score (nSPS) is 15.6. The first-order valence-electron chi connectivity index (χ1n) is 10.4. The summed E-state index contributed by atoms with van der Waals surface area (Å²) in [6.07, 6.45) is -0.535. The largest absolute Gasteiger partial charge is 0.491 e. The number of rotatable bonds is 8. The third-order valence-corrected chi connectivity index (χ3v) is 5.19. The van der Waals surface area contributed by atoms with Crippen molar-refractivity contribution >= 4 is 5.69 Å². The molecule has 0 amide bonds. The summed E-state index contributed by atoms with van der Waals surface area (Å²) < 4.78 is 11.6. The Hall–Kier alpha value is -3.02. The average molecular weight is 405 g/mol. The fraction of sp³-hybridized carbons (Fsp3) is 0.280. The molecule has 1 heterocycles. The maximum absolute atomic E-state index is 10.4. The Morgan fingerprint density at radius 3 is 2.10 bits per heavy atom. The second-order valence-electron chi connectivity index (χ2n) is 7.48. The van der Waals surface area contributed by atoms with Gasteiger partial charge < -0.3 is 19.5 Å². The standard InChI is InChI=1S/C25H28N2O3/c28-22(19-26-14-16-27(17-15-26)21-8-3-1-4-9-21)20-29-24-12-7-13-25(18-24)30-23-10-5-2-6-11-23/h1-13,18,22,28H,14-17,19-20H2/t22-/m1/s1. The zero-order valence-electron chi connectivity index (χ0n) is 17.1. The van der Waals surface area contributed by atoms with Gasteiger partial charge in [-0.2, -0.15) is 0 Å². The monoisotopic (exact) mass is 404 g/mol. The lowest BCUT2D eigenvalue weighted by atomic mass is 10.2. The highest BCUT2D eigenvalue weighted by Crippen LogP contribution is 2.25. The SMILES string of the molecule is O[C@@H](COc1cccc(Oc2ccccc2)c1)CN1CCN(c2ccccc2)CC1. The van der Waals surface area contributed by atoms with Crippen LogP contribution in [0.15, 0.2) is 84.9 Å². The van der Waals surface area contributed by atoms with Crippen LogP contribution in [0.2, 0.25) is 0 Å². The van der Waals surface area contributed by atoms with E-state index in [9.17, 15) is 5.11 Å². The summed E-state index contributed by atoms with van der Waals surface area (Å²) >= 11 is 0. The summed E-state index contributed by atoms with van der Waals surface area (Å²) in [5.74, 6) is 2.19. The van der Waals surface area contributed by atoms with Crippen LogP contribution < -0.4 is 14.4 Å². The summed E-state index contributed by atoms with van der Waals surface area (Å²) in [7, 11) is 0. The molecule has 1 saturated heterocycles. The fourth-order valence-corrected chi connectivity index (χ4v) is 3.62. The first-order valence-corrected chi connectivity index (χ1v) is 10.4. The van der Waals surface area contributed by atoms with E-state index < -0.39 is 6.10 Å². The Morgan fingerprint density at radius 1 is 0.733 bits per heavy atom. The maximum Gasteiger partial charge on any atom is 0.131 e. The van der Waals surface area contributed by atoms with Crippen molar-refractivity contribution in [1.29, 1.82) is 0 Å². The van der Waals surface area contributed by atoms with E-state index in [1.54, 1.807) is 0 Å². The molecule has 1 atom stereocenters. The molecule has 0 aliphatic carbocycles. The average Bonchev–Trinajstić information content (AvgIpc) is 2.80. The maximum atomic E-state index is 10.4. The lowest BCUT2D eigenvalue weighted by Gasteiger charge is -2.36. The van der Waals surface area contributed by atoms with Crippen LogP contribution in [0.3, 0.4) is 0 Å². The molecule has 4 rings (SSSR count). The Labute approximate surface area is 178 Å². The van der Waals surface area contributed by atoms with Crippen LogP contribution in [-0.4, -0.2) is 55.4 Å². The number of hydrogen-bond donors (Lipinski definition) is 1. The van der Waals surface area contributed by atoms with Gasteiger partial charge in [0.2, 0.25) is 0 Å². The van der Waals surface area contributed by atoms with Crippen LogP contribution >= 0.6 is 0 Å². The van der Waals surface area contributed by atoms with E-state index in [-0.39, 0.29) is 6.61 Å². The molecule has 1 fully saturated rings. The topological polar surface area (TPSA) is 45.2 Å². The van der Waals surface area contributed by atoms with Crippen LogP contribution in [0.4, 0.5) is 5.69 Å². The van der Waals surface area contributed by atoms with Gasteiger partial charge in [-0.25, -0.2) is 0 Å². The van der Waals surface area contributed by atoms with Crippen LogP contribution in [0, 0.1) is 0 Å². The summed E-state index contributed by atoms with van der Waals surface area (Å²) in [5.41, 5.74) is 1.26. The molecule has 0 saturated carbocycles. The van der Waals surface area contributed by atoms with Crippen LogP contribution in [0.1, 0.15) is 0 Å². The van der Waals surface area contributed by atoms with Crippen molar-refractivity contribution in [3.8, 4) is 17.2 Å². The van der Waals surface area contributed by atoms with Crippen LogP contribution in [-0.2, 0) is 0 Å². The number of benzene rings is 3. The third-order valence-electron chi connectivity index (χ3n) is 5.19. The molecule has 1 aliphatic heterocycles. The van der Waals surface area contributed by atoms with Gasteiger partial charge in [-0.1, -0.05) is 42.5 Å². The van der Waals surface area contributed by atoms with Crippen molar-refractivity contribution in [3.05, 3.63) is 84.9 Å². The van der Waals surface area contributed by atoms with Gasteiger partial charge in [0.15, 0.2) is 0 Å². The van der Waals surface area contributed by atoms with Gasteiger partial charge in [0, 0.05) is 44.5 Å². The second kappa shape index (κ2) is 10.1. The van der Waals surface area contributed by atoms with E-state index >= 15 is 0 Å². The molecule has 3 aromatic rings. The molecule has 0 bridgehead atoms. The molecule has 0 spiro atoms. The third kappa shape index (κ3) is 5.75. The number of β-amino-alcohol motifs (C(OH)–C–C–N with tert-alkyl or cyclic N) is 1. The molecule has 156 valence electrons.